The summed E-state index contributed by atoms with van der Waals surface area (Å²) < 4.78 is 33.2. The second kappa shape index (κ2) is 68.5. The molecule has 0 rings (SSSR count). The molecule has 0 aliphatic carbocycles. The number of carbonyl (C=O) groups is 2. The molecule has 3 N–H and O–H groups in total. The molecule has 0 aromatic rings. The fraction of sp³-hybridized carbons (Fsp3) is 0.972. The maximum atomic E-state index is 12.8. The number of ether oxygens (including phenoxy) is 2. The van der Waals surface area contributed by atoms with Crippen molar-refractivity contribution in [3.05, 3.63) is 0 Å². The van der Waals surface area contributed by atoms with Crippen molar-refractivity contribution in [1.82, 2.24) is 0 Å². The van der Waals surface area contributed by atoms with Gasteiger partial charge in [0, 0.05) is 12.8 Å². The van der Waals surface area contributed by atoms with Gasteiger partial charge in [-0.1, -0.05) is 386 Å². The molecule has 1 unspecified atom stereocenters. The molecule has 0 spiro atoms. The molecular weight excluding hydrogens is 1060 g/mol. The minimum absolute atomic E-state index is 0.194. The van der Waals surface area contributed by atoms with Crippen molar-refractivity contribution in [1.29, 1.82) is 0 Å². The zero-order valence-electron chi connectivity index (χ0n) is 55.5. The third-order valence-electron chi connectivity index (χ3n) is 17.3. The van der Waals surface area contributed by atoms with Crippen molar-refractivity contribution in [3.63, 3.8) is 0 Å². The average Bonchev–Trinajstić information content (AvgIpc) is 3.48. The first-order valence-corrected chi connectivity index (χ1v) is 38.5. The molecule has 0 heterocycles. The molecule has 0 aromatic carbocycles. The summed E-state index contributed by atoms with van der Waals surface area (Å²) in [4.78, 5) is 35.5. The summed E-state index contributed by atoms with van der Waals surface area (Å²) in [6.07, 6.45) is 78.6. The van der Waals surface area contributed by atoms with E-state index < -0.39 is 51.8 Å². The van der Waals surface area contributed by atoms with Gasteiger partial charge in [0.15, 0.2) is 6.10 Å². The third-order valence-corrected chi connectivity index (χ3v) is 18.2. The standard InChI is InChI=1S/C72H143O10P/c1-3-5-7-9-11-13-15-17-19-21-23-25-27-29-31-33-35-37-39-41-43-45-47-49-51-53-55-57-59-61-63-71(75)79-67-70(68-81-83(77,78)80-66-69(74)65-73)82-72(76)64-62-60-58-56-54-52-50-48-46-44-42-40-38-36-34-32-30-28-26-24-22-20-18-16-14-12-10-8-6-4-2/h69-70,73-74H,3-68H2,1-2H3,(H,77,78)/t69-,70+/m0/s1. The number of phosphoric ester groups is 1. The maximum absolute atomic E-state index is 12.8. The number of carbonyl (C=O) groups excluding carboxylic acids is 2. The fourth-order valence-electron chi connectivity index (χ4n) is 11.7. The molecule has 0 aliphatic rings. The van der Waals surface area contributed by atoms with E-state index in [0.717, 1.165) is 32.1 Å². The van der Waals surface area contributed by atoms with Crippen molar-refractivity contribution in [2.24, 2.45) is 0 Å². The van der Waals surface area contributed by atoms with Gasteiger partial charge in [0.05, 0.1) is 19.8 Å². The zero-order chi connectivity index (χ0) is 60.3. The second-order valence-electron chi connectivity index (χ2n) is 25.7. The van der Waals surface area contributed by atoms with Crippen LogP contribution in [-0.2, 0) is 32.7 Å². The van der Waals surface area contributed by atoms with Crippen LogP contribution in [-0.4, -0.2) is 65.7 Å². The molecule has 0 amide bonds. The van der Waals surface area contributed by atoms with Gasteiger partial charge in [-0.2, -0.15) is 0 Å². The smallest absolute Gasteiger partial charge is 0.462 e. The highest BCUT2D eigenvalue weighted by Gasteiger charge is 2.27. The van der Waals surface area contributed by atoms with Crippen molar-refractivity contribution < 1.29 is 47.8 Å². The first-order chi connectivity index (χ1) is 40.7. The van der Waals surface area contributed by atoms with E-state index in [2.05, 4.69) is 13.8 Å². The van der Waals surface area contributed by atoms with E-state index in [1.807, 2.05) is 0 Å². The van der Waals surface area contributed by atoms with Crippen LogP contribution in [0.4, 0.5) is 0 Å². The number of phosphoric acid groups is 1. The number of hydrogen-bond donors (Lipinski definition) is 3. The fourth-order valence-corrected chi connectivity index (χ4v) is 12.4. The molecule has 0 aliphatic heterocycles. The van der Waals surface area contributed by atoms with E-state index in [9.17, 15) is 24.2 Å². The Kier molecular flexibility index (Phi) is 67.6. The topological polar surface area (TPSA) is 149 Å². The van der Waals surface area contributed by atoms with Crippen molar-refractivity contribution in [3.8, 4) is 0 Å². The molecule has 83 heavy (non-hydrogen) atoms. The lowest BCUT2D eigenvalue weighted by atomic mass is 10.0. The molecule has 0 fully saturated rings. The number of unbranched alkanes of at least 4 members (excludes halogenated alkanes) is 58. The van der Waals surface area contributed by atoms with Crippen LogP contribution >= 0.6 is 7.82 Å². The van der Waals surface area contributed by atoms with E-state index in [0.29, 0.717) is 12.8 Å². The van der Waals surface area contributed by atoms with Gasteiger partial charge in [-0.3, -0.25) is 18.6 Å². The Labute approximate surface area is 515 Å². The van der Waals surface area contributed by atoms with Gasteiger partial charge in [-0.15, -0.1) is 0 Å². The zero-order valence-corrected chi connectivity index (χ0v) is 56.4. The lowest BCUT2D eigenvalue weighted by Gasteiger charge is -2.20. The van der Waals surface area contributed by atoms with E-state index in [-0.39, 0.29) is 19.4 Å². The quantitative estimate of drug-likeness (QED) is 0.0305. The van der Waals surface area contributed by atoms with Gasteiger partial charge >= 0.3 is 19.8 Å². The summed E-state index contributed by atoms with van der Waals surface area (Å²) >= 11 is 0. The monoisotopic (exact) mass is 1200 g/mol. The number of aliphatic hydroxyl groups is 2. The Morgan fingerprint density at radius 2 is 0.518 bits per heavy atom. The Hall–Kier alpha value is -1.03. The number of aliphatic hydroxyl groups excluding tert-OH is 2. The van der Waals surface area contributed by atoms with E-state index >= 15 is 0 Å². The van der Waals surface area contributed by atoms with Gasteiger partial charge in [0.2, 0.25) is 0 Å². The maximum Gasteiger partial charge on any atom is 0.472 e. The molecule has 0 aromatic heterocycles. The van der Waals surface area contributed by atoms with Gasteiger partial charge in [0.1, 0.15) is 12.7 Å². The normalized spacial score (nSPS) is 13.2. The molecule has 11 heteroatoms. The number of hydrogen-bond acceptors (Lipinski definition) is 9. The summed E-state index contributed by atoms with van der Waals surface area (Å²) in [7, 11) is -4.63. The van der Waals surface area contributed by atoms with E-state index in [4.69, 9.17) is 23.6 Å². The minimum atomic E-state index is -4.63. The van der Waals surface area contributed by atoms with Crippen LogP contribution in [0.1, 0.15) is 412 Å². The van der Waals surface area contributed by atoms with Crippen molar-refractivity contribution in [2.75, 3.05) is 26.4 Å². The second-order valence-corrected chi connectivity index (χ2v) is 27.2. The number of rotatable bonds is 72. The molecule has 0 saturated heterocycles. The first-order valence-electron chi connectivity index (χ1n) is 37.0. The highest BCUT2D eigenvalue weighted by Crippen LogP contribution is 2.43. The summed E-state index contributed by atoms with van der Waals surface area (Å²) in [6.45, 7) is 2.51. The van der Waals surface area contributed by atoms with E-state index in [1.165, 1.54) is 340 Å². The largest absolute Gasteiger partial charge is 0.472 e. The van der Waals surface area contributed by atoms with Gasteiger partial charge < -0.3 is 24.6 Å². The van der Waals surface area contributed by atoms with Crippen LogP contribution in [0.3, 0.4) is 0 Å². The molecule has 0 saturated carbocycles. The summed E-state index contributed by atoms with van der Waals surface area (Å²) in [5.41, 5.74) is 0. The number of esters is 2. The lowest BCUT2D eigenvalue weighted by Crippen LogP contribution is -2.29. The van der Waals surface area contributed by atoms with Gasteiger partial charge in [-0.05, 0) is 12.8 Å². The molecule has 3 atom stereocenters. The molecule has 0 bridgehead atoms. The van der Waals surface area contributed by atoms with Crippen molar-refractivity contribution in [2.45, 2.75) is 424 Å². The predicted octanol–water partition coefficient (Wildman–Crippen LogP) is 23.2. The average molecular weight is 1200 g/mol. The summed E-state index contributed by atoms with van der Waals surface area (Å²) in [5.74, 6) is -0.892. The molecule has 0 radical (unpaired) electrons. The van der Waals surface area contributed by atoms with Crippen LogP contribution in [0, 0.1) is 0 Å². The highest BCUT2D eigenvalue weighted by atomic mass is 31.2. The van der Waals surface area contributed by atoms with Crippen LogP contribution in [0.15, 0.2) is 0 Å². The first kappa shape index (κ1) is 82.0. The minimum Gasteiger partial charge on any atom is -0.462 e. The van der Waals surface area contributed by atoms with Crippen molar-refractivity contribution >= 4 is 19.8 Å². The Bertz CT molecular complexity index is 1330. The Morgan fingerprint density at radius 3 is 0.747 bits per heavy atom. The van der Waals surface area contributed by atoms with Gasteiger partial charge in [-0.25, -0.2) is 4.57 Å². The SMILES string of the molecule is CCCCCCCCCCCCCCCCCCCCCCCCCCCCCCCCC(=O)OC[C@H](COP(=O)(O)OC[C@@H](O)CO)OC(=O)CCCCCCCCCCCCCCCCCCCCCCCCCCCCCCCC. The van der Waals surface area contributed by atoms with Crippen LogP contribution < -0.4 is 0 Å². The predicted molar refractivity (Wildman–Crippen MR) is 353 cm³/mol. The van der Waals surface area contributed by atoms with Crippen LogP contribution in [0.2, 0.25) is 0 Å². The molecule has 496 valence electrons. The van der Waals surface area contributed by atoms with E-state index in [1.54, 1.807) is 0 Å². The summed E-state index contributed by atoms with van der Waals surface area (Å²) in [5, 5.41) is 18.5. The van der Waals surface area contributed by atoms with Gasteiger partial charge in [0.25, 0.3) is 0 Å². The van der Waals surface area contributed by atoms with Crippen LogP contribution in [0.5, 0.6) is 0 Å². The summed E-state index contributed by atoms with van der Waals surface area (Å²) in [6, 6.07) is 0. The Balaban J connectivity index is 3.88. The Morgan fingerprint density at radius 1 is 0.313 bits per heavy atom. The molecule has 10 nitrogen and oxygen atoms in total. The third kappa shape index (κ3) is 68.3. The lowest BCUT2D eigenvalue weighted by molar-refractivity contribution is -0.161. The van der Waals surface area contributed by atoms with Crippen LogP contribution in [0.25, 0.3) is 0 Å². The molecular formula is C72H143O10P. The highest BCUT2D eigenvalue weighted by molar-refractivity contribution is 7.47.